The topological polar surface area (TPSA) is 50.7 Å². The Hall–Kier alpha value is -3.40. The first-order chi connectivity index (χ1) is 14.4. The van der Waals surface area contributed by atoms with Crippen LogP contribution < -0.4 is 10.2 Å². The van der Waals surface area contributed by atoms with Gasteiger partial charge < -0.3 is 4.74 Å². The van der Waals surface area contributed by atoms with Gasteiger partial charge in [0.05, 0.1) is 12.6 Å². The standard InChI is InChI=1S/C26H28N2O2/c1-26(2,3)23-15-13-20(14-16-23)17-25(29)28-27-18-22-11-7-8-12-24(22)30-19-21-9-5-4-6-10-21/h4-16,18H,17,19H2,1-3H3,(H,28,29). The molecule has 1 N–H and O–H groups in total. The van der Waals surface area contributed by atoms with Gasteiger partial charge in [-0.05, 0) is 34.2 Å². The summed E-state index contributed by atoms with van der Waals surface area (Å²) in [6.07, 6.45) is 1.90. The molecule has 1 amide bonds. The highest BCUT2D eigenvalue weighted by Gasteiger charge is 2.13. The van der Waals surface area contributed by atoms with Gasteiger partial charge in [-0.15, -0.1) is 0 Å². The predicted molar refractivity (Wildman–Crippen MR) is 122 cm³/mol. The summed E-state index contributed by atoms with van der Waals surface area (Å²) in [5.41, 5.74) is 6.81. The quantitative estimate of drug-likeness (QED) is 0.435. The van der Waals surface area contributed by atoms with Gasteiger partial charge in [-0.2, -0.15) is 5.10 Å². The molecule has 0 bridgehead atoms. The average molecular weight is 401 g/mol. The maximum atomic E-state index is 12.2. The number of amides is 1. The number of hydrogen-bond acceptors (Lipinski definition) is 3. The zero-order chi connectivity index (χ0) is 21.4. The van der Waals surface area contributed by atoms with Crippen molar-refractivity contribution in [3.63, 3.8) is 0 Å². The van der Waals surface area contributed by atoms with Gasteiger partial charge in [0.15, 0.2) is 0 Å². The summed E-state index contributed by atoms with van der Waals surface area (Å²) < 4.78 is 5.91. The molecule has 0 aromatic heterocycles. The first-order valence-electron chi connectivity index (χ1n) is 10.1. The Labute approximate surface area is 178 Å². The van der Waals surface area contributed by atoms with Crippen LogP contribution in [0.3, 0.4) is 0 Å². The van der Waals surface area contributed by atoms with E-state index in [-0.39, 0.29) is 17.7 Å². The number of nitrogens with zero attached hydrogens (tertiary/aromatic N) is 1. The lowest BCUT2D eigenvalue weighted by molar-refractivity contribution is -0.120. The monoisotopic (exact) mass is 400 g/mol. The van der Waals surface area contributed by atoms with E-state index < -0.39 is 0 Å². The van der Waals surface area contributed by atoms with Gasteiger partial charge in [0.2, 0.25) is 5.91 Å². The van der Waals surface area contributed by atoms with Gasteiger partial charge in [-0.25, -0.2) is 5.43 Å². The van der Waals surface area contributed by atoms with Crippen LogP contribution in [0.5, 0.6) is 5.75 Å². The molecule has 0 saturated carbocycles. The Morgan fingerprint density at radius 3 is 2.27 bits per heavy atom. The number of para-hydroxylation sites is 1. The molecule has 0 saturated heterocycles. The first-order valence-corrected chi connectivity index (χ1v) is 10.1. The van der Waals surface area contributed by atoms with Crippen LogP contribution in [-0.2, 0) is 23.2 Å². The van der Waals surface area contributed by atoms with Crippen molar-refractivity contribution < 1.29 is 9.53 Å². The van der Waals surface area contributed by atoms with Gasteiger partial charge >= 0.3 is 0 Å². The van der Waals surface area contributed by atoms with Crippen molar-refractivity contribution in [2.24, 2.45) is 5.10 Å². The molecule has 4 nitrogen and oxygen atoms in total. The SMILES string of the molecule is CC(C)(C)c1ccc(CC(=O)NN=Cc2ccccc2OCc2ccccc2)cc1. The molecular formula is C26H28N2O2. The number of carbonyl (C=O) groups is 1. The van der Waals surface area contributed by atoms with E-state index in [1.165, 1.54) is 5.56 Å². The van der Waals surface area contributed by atoms with E-state index in [1.807, 2.05) is 66.7 Å². The molecule has 0 heterocycles. The minimum absolute atomic E-state index is 0.0983. The number of hydrazone groups is 1. The minimum Gasteiger partial charge on any atom is -0.488 e. The third kappa shape index (κ3) is 6.31. The highest BCUT2D eigenvalue weighted by molar-refractivity contribution is 5.85. The molecule has 0 atom stereocenters. The summed E-state index contributed by atoms with van der Waals surface area (Å²) in [6, 6.07) is 25.8. The Morgan fingerprint density at radius 2 is 1.57 bits per heavy atom. The molecule has 0 radical (unpaired) electrons. The van der Waals surface area contributed by atoms with Crippen molar-refractivity contribution in [3.8, 4) is 5.75 Å². The zero-order valence-electron chi connectivity index (χ0n) is 17.8. The molecule has 30 heavy (non-hydrogen) atoms. The van der Waals surface area contributed by atoms with Crippen LogP contribution in [-0.4, -0.2) is 12.1 Å². The normalized spacial score (nSPS) is 11.4. The lowest BCUT2D eigenvalue weighted by atomic mass is 9.86. The van der Waals surface area contributed by atoms with E-state index in [9.17, 15) is 4.79 Å². The zero-order valence-corrected chi connectivity index (χ0v) is 17.8. The van der Waals surface area contributed by atoms with Crippen LogP contribution in [0.2, 0.25) is 0 Å². The molecule has 3 aromatic rings. The van der Waals surface area contributed by atoms with Gasteiger partial charge in [0.25, 0.3) is 0 Å². The van der Waals surface area contributed by atoms with Crippen molar-refractivity contribution in [2.45, 2.75) is 39.2 Å². The fourth-order valence-corrected chi connectivity index (χ4v) is 2.98. The minimum atomic E-state index is -0.155. The van der Waals surface area contributed by atoms with Crippen LogP contribution in [0.15, 0.2) is 84.0 Å². The molecule has 0 aliphatic heterocycles. The molecule has 3 aromatic carbocycles. The van der Waals surface area contributed by atoms with E-state index in [4.69, 9.17) is 4.74 Å². The van der Waals surface area contributed by atoms with Gasteiger partial charge in [0.1, 0.15) is 12.4 Å². The van der Waals surface area contributed by atoms with E-state index in [1.54, 1.807) is 6.21 Å². The molecule has 0 unspecified atom stereocenters. The van der Waals surface area contributed by atoms with E-state index in [0.29, 0.717) is 6.61 Å². The summed E-state index contributed by atoms with van der Waals surface area (Å²) >= 11 is 0. The summed E-state index contributed by atoms with van der Waals surface area (Å²) in [4.78, 5) is 12.2. The lowest BCUT2D eigenvalue weighted by Gasteiger charge is -2.19. The predicted octanol–water partition coefficient (Wildman–Crippen LogP) is 5.26. The molecule has 0 fully saturated rings. The smallest absolute Gasteiger partial charge is 0.244 e. The second kappa shape index (κ2) is 9.88. The number of carbonyl (C=O) groups excluding carboxylic acids is 1. The Bertz CT molecular complexity index is 988. The van der Waals surface area contributed by atoms with Crippen molar-refractivity contribution in [1.82, 2.24) is 5.43 Å². The van der Waals surface area contributed by atoms with Crippen molar-refractivity contribution in [3.05, 3.63) is 101 Å². The van der Waals surface area contributed by atoms with E-state index >= 15 is 0 Å². The third-order valence-electron chi connectivity index (χ3n) is 4.73. The number of benzene rings is 3. The van der Waals surface area contributed by atoms with Gasteiger partial charge in [-0.3, -0.25) is 4.79 Å². The summed E-state index contributed by atoms with van der Waals surface area (Å²) in [7, 11) is 0. The average Bonchev–Trinajstić information content (AvgIpc) is 2.73. The summed E-state index contributed by atoms with van der Waals surface area (Å²) in [5, 5.41) is 4.11. The fraction of sp³-hybridized carbons (Fsp3) is 0.231. The van der Waals surface area contributed by atoms with Gasteiger partial charge in [0, 0.05) is 5.56 Å². The Morgan fingerprint density at radius 1 is 0.900 bits per heavy atom. The summed E-state index contributed by atoms with van der Waals surface area (Å²) in [5.74, 6) is 0.564. The van der Waals surface area contributed by atoms with E-state index in [2.05, 4.69) is 43.4 Å². The molecule has 4 heteroatoms. The first kappa shape index (κ1) is 21.3. The number of nitrogens with one attached hydrogen (secondary N) is 1. The van der Waals surface area contributed by atoms with Crippen molar-refractivity contribution >= 4 is 12.1 Å². The van der Waals surface area contributed by atoms with E-state index in [0.717, 1.165) is 22.4 Å². The molecule has 0 aliphatic rings. The number of ether oxygens (including phenoxy) is 1. The number of hydrogen-bond donors (Lipinski definition) is 1. The second-order valence-corrected chi connectivity index (χ2v) is 8.23. The van der Waals surface area contributed by atoms with Crippen LogP contribution in [0, 0.1) is 0 Å². The second-order valence-electron chi connectivity index (χ2n) is 8.23. The molecule has 0 aliphatic carbocycles. The van der Waals surface area contributed by atoms with Crippen LogP contribution in [0.1, 0.15) is 43.0 Å². The molecule has 0 spiro atoms. The van der Waals surface area contributed by atoms with Gasteiger partial charge in [-0.1, -0.05) is 87.5 Å². The summed E-state index contributed by atoms with van der Waals surface area (Å²) in [6.45, 7) is 6.99. The maximum Gasteiger partial charge on any atom is 0.244 e. The molecule has 154 valence electrons. The lowest BCUT2D eigenvalue weighted by Crippen LogP contribution is -2.20. The van der Waals surface area contributed by atoms with Crippen LogP contribution in [0.25, 0.3) is 0 Å². The Balaban J connectivity index is 1.55. The van der Waals surface area contributed by atoms with Crippen molar-refractivity contribution in [1.29, 1.82) is 0 Å². The van der Waals surface area contributed by atoms with Crippen LogP contribution in [0.4, 0.5) is 0 Å². The molecular weight excluding hydrogens is 372 g/mol. The highest BCUT2D eigenvalue weighted by Crippen LogP contribution is 2.22. The number of rotatable bonds is 7. The van der Waals surface area contributed by atoms with Crippen molar-refractivity contribution in [2.75, 3.05) is 0 Å². The highest BCUT2D eigenvalue weighted by atomic mass is 16.5. The maximum absolute atomic E-state index is 12.2. The largest absolute Gasteiger partial charge is 0.488 e. The fourth-order valence-electron chi connectivity index (χ4n) is 2.98. The Kier molecular flexibility index (Phi) is 7.02. The third-order valence-corrected chi connectivity index (χ3v) is 4.73. The van der Waals surface area contributed by atoms with Crippen LogP contribution >= 0.6 is 0 Å². The molecule has 3 rings (SSSR count).